The van der Waals surface area contributed by atoms with Crippen molar-refractivity contribution in [3.63, 3.8) is 0 Å². The maximum absolute atomic E-state index is 9.64. The first-order valence-electron chi connectivity index (χ1n) is 6.02. The lowest BCUT2D eigenvalue weighted by Gasteiger charge is -2.18. The van der Waals surface area contributed by atoms with E-state index in [1.807, 2.05) is 36.4 Å². The van der Waals surface area contributed by atoms with Gasteiger partial charge in [0, 0.05) is 5.92 Å². The molecule has 0 radical (unpaired) electrons. The summed E-state index contributed by atoms with van der Waals surface area (Å²) >= 11 is 0. The highest BCUT2D eigenvalue weighted by atomic mass is 16.5. The molecule has 0 amide bonds. The molecule has 0 saturated carbocycles. The summed E-state index contributed by atoms with van der Waals surface area (Å²) in [5.74, 6) is 0.584. The Kier molecular flexibility index (Phi) is 3.84. The number of ether oxygens (including phenoxy) is 1. The fourth-order valence-electron chi connectivity index (χ4n) is 2.14. The molecule has 2 rings (SSSR count). The average Bonchev–Trinajstić information content (AvgIpc) is 2.38. The number of hydrogen-bond donors (Lipinski definition) is 2. The van der Waals surface area contributed by atoms with Gasteiger partial charge in [-0.25, -0.2) is 0 Å². The van der Waals surface area contributed by atoms with Crippen LogP contribution in [0.3, 0.4) is 0 Å². The van der Waals surface area contributed by atoms with Crippen molar-refractivity contribution in [2.24, 2.45) is 0 Å². The van der Waals surface area contributed by atoms with Crippen LogP contribution in [0.2, 0.25) is 0 Å². The third-order valence-corrected chi connectivity index (χ3v) is 3.28. The highest BCUT2D eigenvalue weighted by Gasteiger charge is 2.16. The summed E-state index contributed by atoms with van der Waals surface area (Å²) in [6.45, 7) is 1.64. The van der Waals surface area contributed by atoms with Crippen molar-refractivity contribution in [2.75, 3.05) is 13.7 Å². The first-order valence-corrected chi connectivity index (χ1v) is 6.02. The molecule has 0 aliphatic rings. The molecular weight excluding hydrogens is 228 g/mol. The summed E-state index contributed by atoms with van der Waals surface area (Å²) in [5.41, 5.74) is 0.949. The second kappa shape index (κ2) is 5.38. The quantitative estimate of drug-likeness (QED) is 0.870. The van der Waals surface area contributed by atoms with E-state index < -0.39 is 6.10 Å². The number of methoxy groups -OCH3 is 1. The van der Waals surface area contributed by atoms with Gasteiger partial charge < -0.3 is 14.9 Å². The Labute approximate surface area is 107 Å². The first-order chi connectivity index (χ1) is 8.65. The minimum absolute atomic E-state index is 0.0562. The predicted octanol–water partition coefficient (Wildman–Crippen LogP) is 2.31. The van der Waals surface area contributed by atoms with Gasteiger partial charge in [-0.15, -0.1) is 0 Å². The third-order valence-electron chi connectivity index (χ3n) is 3.28. The molecule has 0 heterocycles. The van der Waals surface area contributed by atoms with Crippen LogP contribution in [0, 0.1) is 0 Å². The van der Waals surface area contributed by atoms with Gasteiger partial charge in [0.15, 0.2) is 0 Å². The van der Waals surface area contributed by atoms with Gasteiger partial charge >= 0.3 is 0 Å². The zero-order chi connectivity index (χ0) is 13.1. The lowest BCUT2D eigenvalue weighted by molar-refractivity contribution is 0.121. The van der Waals surface area contributed by atoms with Crippen molar-refractivity contribution in [1.29, 1.82) is 0 Å². The maximum atomic E-state index is 9.64. The molecule has 96 valence electrons. The lowest BCUT2D eigenvalue weighted by Crippen LogP contribution is -2.18. The molecule has 0 spiro atoms. The first kappa shape index (κ1) is 12.9. The summed E-state index contributed by atoms with van der Waals surface area (Å²) in [6, 6.07) is 11.8. The topological polar surface area (TPSA) is 49.7 Å². The van der Waals surface area contributed by atoms with Crippen LogP contribution >= 0.6 is 0 Å². The Bertz CT molecular complexity index is 534. The van der Waals surface area contributed by atoms with Crippen LogP contribution < -0.4 is 4.74 Å². The summed E-state index contributed by atoms with van der Waals surface area (Å²) in [5, 5.41) is 21.1. The van der Waals surface area contributed by atoms with Crippen LogP contribution in [0.15, 0.2) is 36.4 Å². The molecule has 2 atom stereocenters. The highest BCUT2D eigenvalue weighted by molar-refractivity contribution is 5.84. The minimum atomic E-state index is -0.564. The van der Waals surface area contributed by atoms with Gasteiger partial charge in [0.1, 0.15) is 5.75 Å². The Hall–Kier alpha value is -1.58. The number of fused-ring (bicyclic) bond motifs is 1. The molecule has 2 aromatic carbocycles. The Morgan fingerprint density at radius 2 is 1.78 bits per heavy atom. The summed E-state index contributed by atoms with van der Waals surface area (Å²) in [6.07, 6.45) is -0.564. The van der Waals surface area contributed by atoms with E-state index in [0.29, 0.717) is 0 Å². The normalized spacial score (nSPS) is 14.4. The fourth-order valence-corrected chi connectivity index (χ4v) is 2.14. The van der Waals surface area contributed by atoms with Gasteiger partial charge in [0.2, 0.25) is 0 Å². The van der Waals surface area contributed by atoms with Crippen molar-refractivity contribution in [3.05, 3.63) is 42.0 Å². The van der Waals surface area contributed by atoms with Crippen molar-refractivity contribution >= 4 is 10.8 Å². The van der Waals surface area contributed by atoms with E-state index in [0.717, 1.165) is 22.1 Å². The van der Waals surface area contributed by atoms with E-state index in [4.69, 9.17) is 4.74 Å². The molecule has 18 heavy (non-hydrogen) atoms. The predicted molar refractivity (Wildman–Crippen MR) is 72.0 cm³/mol. The monoisotopic (exact) mass is 246 g/mol. The molecule has 0 bridgehead atoms. The van der Waals surface area contributed by atoms with Crippen LogP contribution in [0.1, 0.15) is 18.4 Å². The fraction of sp³-hybridized carbons (Fsp3) is 0.333. The standard InChI is InChI=1S/C15H18O3/c1-10(17)15(9-16)13-4-3-12-8-14(18-2)6-5-11(12)7-13/h3-8,10,15-17H,9H2,1-2H3/t10-,15+/m0/s1. The zero-order valence-corrected chi connectivity index (χ0v) is 10.6. The van der Waals surface area contributed by atoms with Crippen molar-refractivity contribution in [3.8, 4) is 5.75 Å². The van der Waals surface area contributed by atoms with Gasteiger partial charge in [0.05, 0.1) is 19.8 Å². The molecule has 2 aromatic rings. The van der Waals surface area contributed by atoms with Crippen molar-refractivity contribution in [2.45, 2.75) is 18.9 Å². The van der Waals surface area contributed by atoms with Gasteiger partial charge in [-0.05, 0) is 35.4 Å². The number of aliphatic hydroxyl groups is 2. The van der Waals surface area contributed by atoms with Gasteiger partial charge in [-0.2, -0.15) is 0 Å². The number of aliphatic hydroxyl groups excluding tert-OH is 2. The summed E-state index contributed by atoms with van der Waals surface area (Å²) < 4.78 is 5.18. The van der Waals surface area contributed by atoms with Crippen LogP contribution in [-0.4, -0.2) is 30.0 Å². The van der Waals surface area contributed by atoms with E-state index in [1.54, 1.807) is 14.0 Å². The van der Waals surface area contributed by atoms with Crippen LogP contribution in [-0.2, 0) is 0 Å². The van der Waals surface area contributed by atoms with E-state index in [9.17, 15) is 10.2 Å². The molecule has 0 aliphatic carbocycles. The van der Waals surface area contributed by atoms with Gasteiger partial charge in [0.25, 0.3) is 0 Å². The molecule has 0 aromatic heterocycles. The summed E-state index contributed by atoms with van der Waals surface area (Å²) in [7, 11) is 1.64. The van der Waals surface area contributed by atoms with E-state index >= 15 is 0 Å². The van der Waals surface area contributed by atoms with E-state index in [1.165, 1.54) is 0 Å². The van der Waals surface area contributed by atoms with Gasteiger partial charge in [-0.3, -0.25) is 0 Å². The Morgan fingerprint density at radius 1 is 1.11 bits per heavy atom. The molecule has 0 unspecified atom stereocenters. The number of benzene rings is 2. The molecule has 0 aliphatic heterocycles. The molecule has 3 nitrogen and oxygen atoms in total. The van der Waals surface area contributed by atoms with Gasteiger partial charge in [-0.1, -0.05) is 24.3 Å². The van der Waals surface area contributed by atoms with Crippen molar-refractivity contribution in [1.82, 2.24) is 0 Å². The lowest BCUT2D eigenvalue weighted by atomic mass is 9.93. The SMILES string of the molecule is COc1ccc2cc([C@H](CO)[C@H](C)O)ccc2c1. The molecule has 0 saturated heterocycles. The van der Waals surface area contributed by atoms with Crippen LogP contribution in [0.4, 0.5) is 0 Å². The average molecular weight is 246 g/mol. The summed E-state index contributed by atoms with van der Waals surface area (Å²) in [4.78, 5) is 0. The maximum Gasteiger partial charge on any atom is 0.119 e. The smallest absolute Gasteiger partial charge is 0.119 e. The van der Waals surface area contributed by atoms with Crippen LogP contribution in [0.5, 0.6) is 5.75 Å². The number of hydrogen-bond acceptors (Lipinski definition) is 3. The highest BCUT2D eigenvalue weighted by Crippen LogP contribution is 2.26. The number of rotatable bonds is 4. The minimum Gasteiger partial charge on any atom is -0.497 e. The molecule has 2 N–H and O–H groups in total. The Morgan fingerprint density at radius 3 is 2.39 bits per heavy atom. The molecule has 3 heteroatoms. The second-order valence-corrected chi connectivity index (χ2v) is 4.50. The van der Waals surface area contributed by atoms with E-state index in [-0.39, 0.29) is 12.5 Å². The second-order valence-electron chi connectivity index (χ2n) is 4.50. The van der Waals surface area contributed by atoms with Crippen LogP contribution in [0.25, 0.3) is 10.8 Å². The molecule has 0 fully saturated rings. The third kappa shape index (κ3) is 2.47. The van der Waals surface area contributed by atoms with E-state index in [2.05, 4.69) is 0 Å². The zero-order valence-electron chi connectivity index (χ0n) is 10.6. The van der Waals surface area contributed by atoms with Crippen molar-refractivity contribution < 1.29 is 14.9 Å². The Balaban J connectivity index is 2.44. The largest absolute Gasteiger partial charge is 0.497 e. The molecular formula is C15H18O3.